The smallest absolute Gasteiger partial charge is 0.0935 e. The highest BCUT2D eigenvalue weighted by molar-refractivity contribution is 6.12. The van der Waals surface area contributed by atoms with Gasteiger partial charge >= 0.3 is 0 Å². The number of aromatic nitrogens is 1. The second-order valence-corrected chi connectivity index (χ2v) is 4.88. The zero-order valence-electron chi connectivity index (χ0n) is 11.3. The zero-order valence-corrected chi connectivity index (χ0v) is 11.3. The third-order valence-electron chi connectivity index (χ3n) is 3.52. The molecule has 2 aromatic carbocycles. The van der Waals surface area contributed by atoms with Crippen molar-refractivity contribution in [2.45, 2.75) is 13.3 Å². The minimum atomic E-state index is 0.611. The van der Waals surface area contributed by atoms with E-state index in [2.05, 4.69) is 10.1 Å². The Labute approximate surface area is 117 Å². The average Bonchev–Trinajstić information content (AvgIpc) is 2.82. The van der Waals surface area contributed by atoms with Gasteiger partial charge in [-0.05, 0) is 18.6 Å². The normalized spacial score (nSPS) is 11.9. The molecule has 0 fully saturated rings. The lowest BCUT2D eigenvalue weighted by atomic mass is 10.00. The van der Waals surface area contributed by atoms with Crippen molar-refractivity contribution in [1.29, 1.82) is 0 Å². The van der Waals surface area contributed by atoms with E-state index >= 15 is 0 Å². The van der Waals surface area contributed by atoms with E-state index in [-0.39, 0.29) is 0 Å². The highest BCUT2D eigenvalue weighted by atomic mass is 16.4. The molecule has 20 heavy (non-hydrogen) atoms. The van der Waals surface area contributed by atoms with Gasteiger partial charge in [0.1, 0.15) is 0 Å². The first kappa shape index (κ1) is 12.5. The van der Waals surface area contributed by atoms with Gasteiger partial charge < -0.3 is 10.2 Å². The van der Waals surface area contributed by atoms with Gasteiger partial charge in [-0.3, -0.25) is 0 Å². The lowest BCUT2D eigenvalue weighted by Gasteiger charge is -2.05. The topological polar surface area (TPSA) is 48.4 Å². The van der Waals surface area contributed by atoms with Gasteiger partial charge in [-0.2, -0.15) is 0 Å². The second kappa shape index (κ2) is 5.21. The van der Waals surface area contributed by atoms with Gasteiger partial charge in [-0.15, -0.1) is 0 Å². The van der Waals surface area contributed by atoms with Crippen LogP contribution in [0.15, 0.2) is 59.8 Å². The largest absolute Gasteiger partial charge is 0.411 e. The van der Waals surface area contributed by atoms with Gasteiger partial charge in [0.05, 0.1) is 5.71 Å². The molecule has 0 saturated heterocycles. The van der Waals surface area contributed by atoms with Crippen LogP contribution in [0, 0.1) is 6.92 Å². The summed E-state index contributed by atoms with van der Waals surface area (Å²) in [5.41, 5.74) is 4.90. The molecular weight excluding hydrogens is 248 g/mol. The van der Waals surface area contributed by atoms with Crippen LogP contribution in [0.5, 0.6) is 0 Å². The summed E-state index contributed by atoms with van der Waals surface area (Å²) in [4.78, 5) is 3.34. The highest BCUT2D eigenvalue weighted by Crippen LogP contribution is 2.23. The SMILES string of the molecule is Cc1[nH]c2ccccc2c1C(Cc1ccccc1)=NO. The fraction of sp³-hybridized carbons (Fsp3) is 0.118. The fourth-order valence-corrected chi connectivity index (χ4v) is 2.61. The van der Waals surface area contributed by atoms with Crippen LogP contribution in [0.3, 0.4) is 0 Å². The van der Waals surface area contributed by atoms with Crippen LogP contribution in [0.4, 0.5) is 0 Å². The molecule has 0 saturated carbocycles. The number of hydrogen-bond acceptors (Lipinski definition) is 2. The van der Waals surface area contributed by atoms with Gasteiger partial charge in [0.2, 0.25) is 0 Å². The summed E-state index contributed by atoms with van der Waals surface area (Å²) in [7, 11) is 0. The molecule has 0 aliphatic carbocycles. The summed E-state index contributed by atoms with van der Waals surface area (Å²) >= 11 is 0. The fourth-order valence-electron chi connectivity index (χ4n) is 2.61. The van der Waals surface area contributed by atoms with Crippen LogP contribution < -0.4 is 0 Å². The van der Waals surface area contributed by atoms with E-state index in [1.165, 1.54) is 0 Å². The van der Waals surface area contributed by atoms with Crippen LogP contribution in [-0.2, 0) is 6.42 Å². The minimum Gasteiger partial charge on any atom is -0.411 e. The summed E-state index contributed by atoms with van der Waals surface area (Å²) in [6, 6.07) is 18.1. The van der Waals surface area contributed by atoms with Gasteiger partial charge in [0, 0.05) is 28.6 Å². The second-order valence-electron chi connectivity index (χ2n) is 4.88. The number of aromatic amines is 1. The van der Waals surface area contributed by atoms with Gasteiger partial charge in [0.15, 0.2) is 0 Å². The molecule has 0 aliphatic heterocycles. The summed E-state index contributed by atoms with van der Waals surface area (Å²) < 4.78 is 0. The van der Waals surface area contributed by atoms with E-state index in [4.69, 9.17) is 0 Å². The average molecular weight is 264 g/mol. The Kier molecular flexibility index (Phi) is 3.25. The van der Waals surface area contributed by atoms with Crippen LogP contribution in [0.25, 0.3) is 10.9 Å². The monoisotopic (exact) mass is 264 g/mol. The maximum absolute atomic E-state index is 9.42. The number of aryl methyl sites for hydroxylation is 1. The van der Waals surface area contributed by atoms with Crippen molar-refractivity contribution in [3.8, 4) is 0 Å². The third-order valence-corrected chi connectivity index (χ3v) is 3.52. The number of fused-ring (bicyclic) bond motifs is 1. The van der Waals surface area contributed by atoms with Crippen molar-refractivity contribution in [3.63, 3.8) is 0 Å². The summed E-state index contributed by atoms with van der Waals surface area (Å²) in [5, 5.41) is 14.0. The lowest BCUT2D eigenvalue weighted by Crippen LogP contribution is -2.06. The Bertz CT molecular complexity index is 757. The number of hydrogen-bond donors (Lipinski definition) is 2. The Morgan fingerprint density at radius 1 is 1.05 bits per heavy atom. The van der Waals surface area contributed by atoms with E-state index in [0.717, 1.165) is 27.7 Å². The molecule has 100 valence electrons. The Balaban J connectivity index is 2.06. The van der Waals surface area contributed by atoms with E-state index in [9.17, 15) is 5.21 Å². The van der Waals surface area contributed by atoms with Crippen molar-refractivity contribution >= 4 is 16.6 Å². The Morgan fingerprint density at radius 2 is 1.75 bits per heavy atom. The van der Waals surface area contributed by atoms with Crippen LogP contribution >= 0.6 is 0 Å². The number of rotatable bonds is 3. The molecule has 0 spiro atoms. The lowest BCUT2D eigenvalue weighted by molar-refractivity contribution is 0.318. The van der Waals surface area contributed by atoms with Gasteiger partial charge in [-0.1, -0.05) is 53.7 Å². The van der Waals surface area contributed by atoms with E-state index in [1.54, 1.807) is 0 Å². The number of oxime groups is 1. The maximum Gasteiger partial charge on any atom is 0.0935 e. The molecule has 1 heterocycles. The van der Waals surface area contributed by atoms with Crippen LogP contribution in [-0.4, -0.2) is 15.9 Å². The molecular formula is C17H16N2O. The van der Waals surface area contributed by atoms with Crippen molar-refractivity contribution in [2.24, 2.45) is 5.16 Å². The predicted molar refractivity (Wildman–Crippen MR) is 81.5 cm³/mol. The standard InChI is InChI=1S/C17H16N2O/c1-12-17(14-9-5-6-10-15(14)18-12)16(19-20)11-13-7-3-2-4-8-13/h2-10,18,20H,11H2,1H3. The number of H-pyrrole nitrogens is 1. The summed E-state index contributed by atoms with van der Waals surface area (Å²) in [5.74, 6) is 0. The Morgan fingerprint density at radius 3 is 2.50 bits per heavy atom. The third kappa shape index (κ3) is 2.18. The molecule has 3 rings (SSSR count). The quantitative estimate of drug-likeness (QED) is 0.421. The molecule has 0 radical (unpaired) electrons. The number of nitrogens with zero attached hydrogens (tertiary/aromatic N) is 1. The summed E-state index contributed by atoms with van der Waals surface area (Å²) in [6.07, 6.45) is 0.611. The van der Waals surface area contributed by atoms with Gasteiger partial charge in [-0.25, -0.2) is 0 Å². The molecule has 1 aromatic heterocycles. The van der Waals surface area contributed by atoms with E-state index in [1.807, 2.05) is 61.5 Å². The van der Waals surface area contributed by atoms with Gasteiger partial charge in [0.25, 0.3) is 0 Å². The molecule has 0 atom stereocenters. The molecule has 0 aliphatic rings. The first-order chi connectivity index (χ1) is 9.79. The molecule has 3 aromatic rings. The van der Waals surface area contributed by atoms with Crippen molar-refractivity contribution in [3.05, 3.63) is 71.4 Å². The van der Waals surface area contributed by atoms with E-state index in [0.29, 0.717) is 12.1 Å². The van der Waals surface area contributed by atoms with Crippen LogP contribution in [0.1, 0.15) is 16.8 Å². The maximum atomic E-state index is 9.42. The zero-order chi connectivity index (χ0) is 13.9. The van der Waals surface area contributed by atoms with Crippen molar-refractivity contribution < 1.29 is 5.21 Å². The highest BCUT2D eigenvalue weighted by Gasteiger charge is 2.14. The molecule has 0 unspecified atom stereocenters. The van der Waals surface area contributed by atoms with Crippen LogP contribution in [0.2, 0.25) is 0 Å². The molecule has 0 bridgehead atoms. The number of para-hydroxylation sites is 1. The van der Waals surface area contributed by atoms with Crippen molar-refractivity contribution in [1.82, 2.24) is 4.98 Å². The van der Waals surface area contributed by atoms with E-state index < -0.39 is 0 Å². The predicted octanol–water partition coefficient (Wildman–Crippen LogP) is 3.90. The number of nitrogens with one attached hydrogen (secondary N) is 1. The minimum absolute atomic E-state index is 0.611. The molecule has 3 heteroatoms. The Hall–Kier alpha value is -2.55. The van der Waals surface area contributed by atoms with Crippen molar-refractivity contribution in [2.75, 3.05) is 0 Å². The summed E-state index contributed by atoms with van der Waals surface area (Å²) in [6.45, 7) is 2.01. The molecule has 3 nitrogen and oxygen atoms in total. The first-order valence-corrected chi connectivity index (χ1v) is 6.62. The molecule has 2 N–H and O–H groups in total. The first-order valence-electron chi connectivity index (χ1n) is 6.62. The number of benzene rings is 2. The molecule has 0 amide bonds.